The van der Waals surface area contributed by atoms with Crippen molar-refractivity contribution in [3.05, 3.63) is 42.5 Å². The fourth-order valence-corrected chi connectivity index (χ4v) is 2.94. The van der Waals surface area contributed by atoms with Crippen LogP contribution in [-0.4, -0.2) is 36.5 Å². The van der Waals surface area contributed by atoms with Crippen LogP contribution in [0.15, 0.2) is 42.5 Å². The molecule has 2 N–H and O–H groups in total. The molecule has 4 nitrogen and oxygen atoms in total. The number of carbonyl (C=O) groups is 1. The summed E-state index contributed by atoms with van der Waals surface area (Å²) >= 11 is 0. The summed E-state index contributed by atoms with van der Waals surface area (Å²) in [7, 11) is 0. The van der Waals surface area contributed by atoms with Crippen LogP contribution in [0.25, 0.3) is 10.8 Å². The molecule has 3 rings (SSSR count). The summed E-state index contributed by atoms with van der Waals surface area (Å²) in [5, 5.41) is 2.28. The van der Waals surface area contributed by atoms with Gasteiger partial charge in [0, 0.05) is 19.1 Å². The van der Waals surface area contributed by atoms with Gasteiger partial charge < -0.3 is 15.4 Å². The first-order valence-electron chi connectivity index (χ1n) is 7.78. The predicted octanol–water partition coefficient (Wildman–Crippen LogP) is 2.41. The highest BCUT2D eigenvalue weighted by atomic mass is 16.5. The summed E-state index contributed by atoms with van der Waals surface area (Å²) in [6.45, 7) is 3.62. The summed E-state index contributed by atoms with van der Waals surface area (Å²) in [5.41, 5.74) is 5.91. The average molecular weight is 298 g/mol. The van der Waals surface area contributed by atoms with Gasteiger partial charge in [0.25, 0.3) is 5.91 Å². The molecule has 2 aromatic carbocycles. The second kappa shape index (κ2) is 6.36. The molecule has 116 valence electrons. The predicted molar refractivity (Wildman–Crippen MR) is 87.8 cm³/mol. The lowest BCUT2D eigenvalue weighted by molar-refractivity contribution is -0.132. The maximum Gasteiger partial charge on any atom is 0.260 e. The van der Waals surface area contributed by atoms with Gasteiger partial charge in [-0.25, -0.2) is 0 Å². The van der Waals surface area contributed by atoms with Gasteiger partial charge in [-0.3, -0.25) is 4.79 Å². The summed E-state index contributed by atoms with van der Waals surface area (Å²) in [4.78, 5) is 14.1. The number of hydrogen-bond donors (Lipinski definition) is 1. The fraction of sp³-hybridized carbons (Fsp3) is 0.389. The second-order valence-corrected chi connectivity index (χ2v) is 6.05. The van der Waals surface area contributed by atoms with E-state index >= 15 is 0 Å². The van der Waals surface area contributed by atoms with E-state index in [1.54, 1.807) is 0 Å². The van der Waals surface area contributed by atoms with E-state index in [2.05, 4.69) is 6.07 Å². The lowest BCUT2D eigenvalue weighted by Crippen LogP contribution is -2.35. The van der Waals surface area contributed by atoms with Crippen molar-refractivity contribution in [2.24, 2.45) is 11.7 Å². The van der Waals surface area contributed by atoms with Crippen molar-refractivity contribution in [2.75, 3.05) is 19.7 Å². The van der Waals surface area contributed by atoms with Crippen molar-refractivity contribution < 1.29 is 9.53 Å². The zero-order chi connectivity index (χ0) is 15.5. The largest absolute Gasteiger partial charge is 0.484 e. The third-order valence-corrected chi connectivity index (χ3v) is 4.40. The number of nitrogens with zero attached hydrogens (tertiary/aromatic N) is 1. The molecule has 0 aliphatic carbocycles. The van der Waals surface area contributed by atoms with E-state index in [-0.39, 0.29) is 18.6 Å². The Morgan fingerprint density at radius 1 is 1.32 bits per heavy atom. The Morgan fingerprint density at radius 3 is 2.82 bits per heavy atom. The fourth-order valence-electron chi connectivity index (χ4n) is 2.94. The molecule has 0 aromatic heterocycles. The van der Waals surface area contributed by atoms with Crippen LogP contribution in [-0.2, 0) is 4.79 Å². The quantitative estimate of drug-likeness (QED) is 0.943. The number of rotatable bonds is 4. The minimum atomic E-state index is 0.0382. The van der Waals surface area contributed by atoms with Crippen molar-refractivity contribution in [1.29, 1.82) is 0 Å². The highest BCUT2D eigenvalue weighted by molar-refractivity contribution is 5.84. The molecule has 0 spiro atoms. The van der Waals surface area contributed by atoms with E-state index in [4.69, 9.17) is 10.5 Å². The topological polar surface area (TPSA) is 55.6 Å². The molecule has 2 atom stereocenters. The van der Waals surface area contributed by atoms with Crippen LogP contribution in [0.5, 0.6) is 5.75 Å². The Labute approximate surface area is 130 Å². The number of benzene rings is 2. The van der Waals surface area contributed by atoms with Crippen molar-refractivity contribution in [3.63, 3.8) is 0 Å². The molecule has 1 heterocycles. The first-order valence-corrected chi connectivity index (χ1v) is 7.78. The molecule has 0 radical (unpaired) electrons. The number of nitrogens with two attached hydrogens (primary N) is 1. The molecule has 1 aliphatic heterocycles. The standard InChI is InChI=1S/C18H22N2O2/c1-13(19)16-8-9-20(11-16)18(21)12-22-17-7-6-14-4-2-3-5-15(14)10-17/h2-7,10,13,16H,8-9,11-12,19H2,1H3. The molecular weight excluding hydrogens is 276 g/mol. The van der Waals surface area contributed by atoms with E-state index < -0.39 is 0 Å². The molecular formula is C18H22N2O2. The summed E-state index contributed by atoms with van der Waals surface area (Å²) in [6, 6.07) is 14.1. The average Bonchev–Trinajstić information content (AvgIpc) is 3.03. The maximum atomic E-state index is 12.2. The Balaban J connectivity index is 1.58. The molecule has 1 fully saturated rings. The monoisotopic (exact) mass is 298 g/mol. The van der Waals surface area contributed by atoms with Gasteiger partial charge in [-0.05, 0) is 42.2 Å². The third-order valence-electron chi connectivity index (χ3n) is 4.40. The number of likely N-dealkylation sites (tertiary alicyclic amines) is 1. The molecule has 0 bridgehead atoms. The van der Waals surface area contributed by atoms with Crippen LogP contribution < -0.4 is 10.5 Å². The Bertz CT molecular complexity index is 669. The molecule has 1 saturated heterocycles. The van der Waals surface area contributed by atoms with Gasteiger partial charge in [-0.1, -0.05) is 30.3 Å². The number of hydrogen-bond acceptors (Lipinski definition) is 3. The SMILES string of the molecule is CC(N)C1CCN(C(=O)COc2ccc3ccccc3c2)C1. The minimum absolute atomic E-state index is 0.0382. The van der Waals surface area contributed by atoms with Crippen LogP contribution in [0.2, 0.25) is 0 Å². The molecule has 1 amide bonds. The summed E-state index contributed by atoms with van der Waals surface area (Å²) in [5.74, 6) is 1.18. The highest BCUT2D eigenvalue weighted by Crippen LogP contribution is 2.22. The molecule has 4 heteroatoms. The molecule has 22 heavy (non-hydrogen) atoms. The molecule has 2 unspecified atom stereocenters. The van der Waals surface area contributed by atoms with E-state index in [1.165, 1.54) is 5.39 Å². The lowest BCUT2D eigenvalue weighted by atomic mass is 10.0. The van der Waals surface area contributed by atoms with Crippen molar-refractivity contribution in [2.45, 2.75) is 19.4 Å². The first kappa shape index (κ1) is 14.9. The van der Waals surface area contributed by atoms with E-state index in [0.717, 1.165) is 30.6 Å². The van der Waals surface area contributed by atoms with Gasteiger partial charge in [-0.15, -0.1) is 0 Å². The van der Waals surface area contributed by atoms with Crippen LogP contribution in [0.4, 0.5) is 0 Å². The van der Waals surface area contributed by atoms with Crippen LogP contribution in [0.3, 0.4) is 0 Å². The molecule has 1 aliphatic rings. The zero-order valence-electron chi connectivity index (χ0n) is 12.9. The number of amides is 1. The smallest absolute Gasteiger partial charge is 0.260 e. The van der Waals surface area contributed by atoms with E-state index in [9.17, 15) is 4.79 Å². The zero-order valence-corrected chi connectivity index (χ0v) is 12.9. The Hall–Kier alpha value is -2.07. The van der Waals surface area contributed by atoms with Crippen LogP contribution in [0.1, 0.15) is 13.3 Å². The highest BCUT2D eigenvalue weighted by Gasteiger charge is 2.28. The van der Waals surface area contributed by atoms with Gasteiger partial charge in [-0.2, -0.15) is 0 Å². The normalized spacial score (nSPS) is 19.4. The summed E-state index contributed by atoms with van der Waals surface area (Å²) < 4.78 is 5.66. The van der Waals surface area contributed by atoms with Crippen molar-refractivity contribution in [3.8, 4) is 5.75 Å². The lowest BCUT2D eigenvalue weighted by Gasteiger charge is -2.18. The molecule has 2 aromatic rings. The van der Waals surface area contributed by atoms with Crippen molar-refractivity contribution >= 4 is 16.7 Å². The number of carbonyl (C=O) groups excluding carboxylic acids is 1. The van der Waals surface area contributed by atoms with Gasteiger partial charge >= 0.3 is 0 Å². The van der Waals surface area contributed by atoms with Gasteiger partial charge in [0.15, 0.2) is 6.61 Å². The van der Waals surface area contributed by atoms with Gasteiger partial charge in [0.2, 0.25) is 0 Å². The number of ether oxygens (including phenoxy) is 1. The van der Waals surface area contributed by atoms with Crippen LogP contribution in [0, 0.1) is 5.92 Å². The van der Waals surface area contributed by atoms with E-state index in [0.29, 0.717) is 5.92 Å². The Kier molecular flexibility index (Phi) is 4.29. The third kappa shape index (κ3) is 3.22. The van der Waals surface area contributed by atoms with Crippen LogP contribution >= 0.6 is 0 Å². The number of fused-ring (bicyclic) bond motifs is 1. The summed E-state index contributed by atoms with van der Waals surface area (Å²) in [6.07, 6.45) is 0.985. The minimum Gasteiger partial charge on any atom is -0.484 e. The Morgan fingerprint density at radius 2 is 2.09 bits per heavy atom. The molecule has 0 saturated carbocycles. The first-order chi connectivity index (χ1) is 10.6. The van der Waals surface area contributed by atoms with Gasteiger partial charge in [0.1, 0.15) is 5.75 Å². The second-order valence-electron chi connectivity index (χ2n) is 6.05. The van der Waals surface area contributed by atoms with Crippen molar-refractivity contribution in [1.82, 2.24) is 4.90 Å². The van der Waals surface area contributed by atoms with Gasteiger partial charge in [0.05, 0.1) is 0 Å². The van der Waals surface area contributed by atoms with E-state index in [1.807, 2.05) is 48.2 Å². The maximum absolute atomic E-state index is 12.2.